The molecular weight excluding hydrogens is 398 g/mol. The quantitative estimate of drug-likeness (QED) is 0.153. The lowest BCUT2D eigenvalue weighted by Gasteiger charge is -2.26. The minimum Gasteiger partial charge on any atom is -0.481 e. The van der Waals surface area contributed by atoms with Gasteiger partial charge in [0, 0.05) is 0 Å². The summed E-state index contributed by atoms with van der Waals surface area (Å²) < 4.78 is 0. The fourth-order valence-electron chi connectivity index (χ4n) is 2.49. The summed E-state index contributed by atoms with van der Waals surface area (Å²) in [5.74, 6) is -5.01. The Labute approximate surface area is 175 Å². The van der Waals surface area contributed by atoms with Crippen molar-refractivity contribution in [2.24, 2.45) is 17.4 Å². The van der Waals surface area contributed by atoms with E-state index >= 15 is 0 Å². The maximum absolute atomic E-state index is 12.6. The first-order valence-electron chi connectivity index (χ1n) is 9.72. The zero-order chi connectivity index (χ0) is 23.4. The zero-order valence-corrected chi connectivity index (χ0v) is 17.5. The first-order chi connectivity index (χ1) is 13.9. The second-order valence-electron chi connectivity index (χ2n) is 7.35. The van der Waals surface area contributed by atoms with Gasteiger partial charge < -0.3 is 37.6 Å². The second-order valence-corrected chi connectivity index (χ2v) is 7.35. The largest absolute Gasteiger partial charge is 0.481 e. The lowest BCUT2D eigenvalue weighted by atomic mass is 10.0. The number of hydrogen-bond donors (Lipinski definition) is 7. The smallest absolute Gasteiger partial charge is 0.326 e. The maximum atomic E-state index is 12.6. The molecule has 0 aliphatic rings. The van der Waals surface area contributed by atoms with Crippen LogP contribution in [0.1, 0.15) is 46.5 Å². The summed E-state index contributed by atoms with van der Waals surface area (Å²) in [7, 11) is 0. The third kappa shape index (κ3) is 10.2. The Morgan fingerprint density at radius 3 is 1.93 bits per heavy atom. The van der Waals surface area contributed by atoms with Crippen molar-refractivity contribution in [3.63, 3.8) is 0 Å². The Morgan fingerprint density at radius 2 is 1.47 bits per heavy atom. The van der Waals surface area contributed by atoms with Gasteiger partial charge in [-0.05, 0) is 38.6 Å². The van der Waals surface area contributed by atoms with Crippen molar-refractivity contribution in [3.05, 3.63) is 0 Å². The van der Waals surface area contributed by atoms with E-state index in [1.807, 2.05) is 0 Å². The van der Waals surface area contributed by atoms with Crippen molar-refractivity contribution in [1.29, 1.82) is 0 Å². The van der Waals surface area contributed by atoms with Gasteiger partial charge in [0.2, 0.25) is 17.7 Å². The number of amides is 3. The Hall–Kier alpha value is -2.73. The topological polar surface area (TPSA) is 214 Å². The van der Waals surface area contributed by atoms with E-state index in [0.29, 0.717) is 19.4 Å². The average molecular weight is 431 g/mol. The molecule has 172 valence electrons. The van der Waals surface area contributed by atoms with E-state index < -0.39 is 60.2 Å². The van der Waals surface area contributed by atoms with Crippen LogP contribution in [0.4, 0.5) is 0 Å². The number of carboxylic acid groups (broad SMARTS) is 2. The fourth-order valence-corrected chi connectivity index (χ4v) is 2.49. The molecular formula is C18H33N5O7. The Morgan fingerprint density at radius 1 is 0.867 bits per heavy atom. The van der Waals surface area contributed by atoms with E-state index in [9.17, 15) is 29.1 Å². The number of unbranched alkanes of at least 4 members (excludes halogenated alkanes) is 1. The molecule has 30 heavy (non-hydrogen) atoms. The molecule has 0 aromatic rings. The molecule has 4 unspecified atom stereocenters. The SMILES string of the molecule is CC(NC(=O)C(N)CC(=O)O)C(=O)NC(C(=O)NC(CCCCN)C(=O)O)C(C)C. The number of nitrogens with one attached hydrogen (secondary N) is 3. The molecule has 4 atom stereocenters. The molecule has 12 heteroatoms. The van der Waals surface area contributed by atoms with Crippen LogP contribution >= 0.6 is 0 Å². The van der Waals surface area contributed by atoms with Crippen LogP contribution in [0, 0.1) is 5.92 Å². The average Bonchev–Trinajstić information content (AvgIpc) is 2.63. The van der Waals surface area contributed by atoms with Crippen LogP contribution in [-0.2, 0) is 24.0 Å². The fraction of sp³-hybridized carbons (Fsp3) is 0.722. The number of nitrogens with two attached hydrogens (primary N) is 2. The summed E-state index contributed by atoms with van der Waals surface area (Å²) in [6, 6.07) is -4.58. The van der Waals surface area contributed by atoms with Crippen LogP contribution in [0.25, 0.3) is 0 Å². The van der Waals surface area contributed by atoms with Crippen molar-refractivity contribution in [3.8, 4) is 0 Å². The van der Waals surface area contributed by atoms with Crippen molar-refractivity contribution >= 4 is 29.7 Å². The molecule has 0 aromatic heterocycles. The first-order valence-corrected chi connectivity index (χ1v) is 9.72. The monoisotopic (exact) mass is 431 g/mol. The third-order valence-corrected chi connectivity index (χ3v) is 4.29. The molecule has 0 saturated heterocycles. The van der Waals surface area contributed by atoms with Gasteiger partial charge in [-0.3, -0.25) is 19.2 Å². The number of carbonyl (C=O) groups is 5. The van der Waals surface area contributed by atoms with Crippen LogP contribution in [0.15, 0.2) is 0 Å². The zero-order valence-electron chi connectivity index (χ0n) is 17.5. The number of carboxylic acids is 2. The van der Waals surface area contributed by atoms with Crippen molar-refractivity contribution < 1.29 is 34.2 Å². The van der Waals surface area contributed by atoms with Gasteiger partial charge in [-0.15, -0.1) is 0 Å². The summed E-state index contributed by atoms with van der Waals surface area (Å²) in [6.07, 6.45) is 0.736. The van der Waals surface area contributed by atoms with E-state index in [1.165, 1.54) is 6.92 Å². The van der Waals surface area contributed by atoms with Gasteiger partial charge >= 0.3 is 11.9 Å². The summed E-state index contributed by atoms with van der Waals surface area (Å²) in [5.41, 5.74) is 10.8. The molecule has 12 nitrogen and oxygen atoms in total. The van der Waals surface area contributed by atoms with Crippen LogP contribution in [0.3, 0.4) is 0 Å². The Kier molecular flexibility index (Phi) is 12.3. The van der Waals surface area contributed by atoms with Gasteiger partial charge in [0.25, 0.3) is 0 Å². The predicted molar refractivity (Wildman–Crippen MR) is 107 cm³/mol. The van der Waals surface area contributed by atoms with Gasteiger partial charge in [-0.25, -0.2) is 4.79 Å². The molecule has 0 aliphatic carbocycles. The first kappa shape index (κ1) is 27.3. The Balaban J connectivity index is 4.97. The Bertz CT molecular complexity index is 626. The highest BCUT2D eigenvalue weighted by Crippen LogP contribution is 2.06. The molecule has 0 rings (SSSR count). The van der Waals surface area contributed by atoms with Gasteiger partial charge in [0.05, 0.1) is 12.5 Å². The predicted octanol–water partition coefficient (Wildman–Crippen LogP) is -1.87. The molecule has 3 amide bonds. The van der Waals surface area contributed by atoms with Crippen LogP contribution in [-0.4, -0.2) is 70.6 Å². The van der Waals surface area contributed by atoms with Crippen molar-refractivity contribution in [2.45, 2.75) is 70.6 Å². The molecule has 9 N–H and O–H groups in total. The van der Waals surface area contributed by atoms with E-state index in [2.05, 4.69) is 16.0 Å². The highest BCUT2D eigenvalue weighted by molar-refractivity contribution is 5.94. The lowest BCUT2D eigenvalue weighted by Crippen LogP contribution is -2.57. The van der Waals surface area contributed by atoms with Crippen molar-refractivity contribution in [1.82, 2.24) is 16.0 Å². The van der Waals surface area contributed by atoms with Crippen LogP contribution < -0.4 is 27.4 Å². The molecule has 0 fully saturated rings. The van der Waals surface area contributed by atoms with Crippen LogP contribution in [0.2, 0.25) is 0 Å². The minimum atomic E-state index is -1.33. The number of hydrogen-bond acceptors (Lipinski definition) is 7. The van der Waals surface area contributed by atoms with E-state index in [0.717, 1.165) is 0 Å². The van der Waals surface area contributed by atoms with Gasteiger partial charge in [0.15, 0.2) is 0 Å². The van der Waals surface area contributed by atoms with E-state index in [1.54, 1.807) is 13.8 Å². The summed E-state index contributed by atoms with van der Waals surface area (Å²) in [5, 5.41) is 25.1. The summed E-state index contributed by atoms with van der Waals surface area (Å²) in [4.78, 5) is 58.8. The minimum absolute atomic E-state index is 0.199. The third-order valence-electron chi connectivity index (χ3n) is 4.29. The molecule has 0 saturated carbocycles. The standard InChI is InChI=1S/C18H33N5O7/c1-9(2)14(17(28)22-12(18(29)30)6-4-5-7-19)23-15(26)10(3)21-16(27)11(20)8-13(24)25/h9-12,14H,4-8,19-20H2,1-3H3,(H,21,27)(H,22,28)(H,23,26)(H,24,25)(H,29,30). The number of rotatable bonds is 14. The molecule has 0 bridgehead atoms. The lowest BCUT2D eigenvalue weighted by molar-refractivity contribution is -0.142. The molecule has 0 spiro atoms. The molecule has 0 aromatic carbocycles. The summed E-state index contributed by atoms with van der Waals surface area (Å²) >= 11 is 0. The van der Waals surface area contributed by atoms with Gasteiger partial charge in [-0.2, -0.15) is 0 Å². The maximum Gasteiger partial charge on any atom is 0.326 e. The normalized spacial score (nSPS) is 14.9. The molecule has 0 heterocycles. The van der Waals surface area contributed by atoms with Crippen LogP contribution in [0.5, 0.6) is 0 Å². The highest BCUT2D eigenvalue weighted by Gasteiger charge is 2.30. The van der Waals surface area contributed by atoms with E-state index in [-0.39, 0.29) is 12.3 Å². The molecule has 0 radical (unpaired) electrons. The number of carbonyl (C=O) groups excluding carboxylic acids is 3. The summed E-state index contributed by atoms with van der Waals surface area (Å²) in [6.45, 7) is 5.09. The van der Waals surface area contributed by atoms with Gasteiger partial charge in [0.1, 0.15) is 18.1 Å². The second kappa shape index (κ2) is 13.5. The highest BCUT2D eigenvalue weighted by atomic mass is 16.4. The van der Waals surface area contributed by atoms with Gasteiger partial charge in [-0.1, -0.05) is 13.8 Å². The number of aliphatic carboxylic acids is 2. The van der Waals surface area contributed by atoms with Crippen molar-refractivity contribution in [2.75, 3.05) is 6.54 Å². The van der Waals surface area contributed by atoms with E-state index in [4.69, 9.17) is 16.6 Å². The molecule has 0 aliphatic heterocycles.